The number of nitrogens with zero attached hydrogens (tertiary/aromatic N) is 5. The number of aryl methyl sites for hydroxylation is 3. The summed E-state index contributed by atoms with van der Waals surface area (Å²) in [6.07, 6.45) is 8.07. The fourth-order valence-corrected chi connectivity index (χ4v) is 3.34. The highest BCUT2D eigenvalue weighted by atomic mass is 16.2. The van der Waals surface area contributed by atoms with Gasteiger partial charge in [0.1, 0.15) is 12.4 Å². The second-order valence-corrected chi connectivity index (χ2v) is 6.78. The quantitative estimate of drug-likeness (QED) is 0.679. The van der Waals surface area contributed by atoms with E-state index in [2.05, 4.69) is 21.6 Å². The van der Waals surface area contributed by atoms with Gasteiger partial charge in [0.15, 0.2) is 0 Å². The van der Waals surface area contributed by atoms with Crippen LogP contribution in [0.5, 0.6) is 0 Å². The van der Waals surface area contributed by atoms with Gasteiger partial charge in [-0.3, -0.25) is 9.48 Å². The van der Waals surface area contributed by atoms with Gasteiger partial charge in [-0.15, -0.1) is 0 Å². The summed E-state index contributed by atoms with van der Waals surface area (Å²) in [5, 5.41) is 4.27. The molecule has 0 saturated carbocycles. The van der Waals surface area contributed by atoms with Crippen LogP contribution < -0.4 is 0 Å². The minimum Gasteiger partial charge on any atom is -0.344 e. The molecular weight excluding hydrogens is 350 g/mol. The standard InChI is InChI=1S/C9H13N3O.C9H14N2.2C2H6/c1-7-5-8-3-4-11(2)9(13)6-12(8)10-7;1-8-7-10-9-5-3-2-4-6-11(8)9;2*1-2/h5H,3-4,6H2,1-2H3;7H,2-6H2,1H3;2*1-2H3. The fraction of sp³-hybridized carbons (Fsp3) is 0.682. The molecule has 0 aromatic carbocycles. The maximum absolute atomic E-state index is 11.5. The SMILES string of the molecule is CC.CC.Cc1cc2n(n1)CC(=O)N(C)CC2.Cc1cnc2n1CCCCC2. The maximum atomic E-state index is 11.5. The number of carbonyl (C=O) groups is 1. The molecule has 2 aliphatic rings. The van der Waals surface area contributed by atoms with Crippen LogP contribution in [0.2, 0.25) is 0 Å². The highest BCUT2D eigenvalue weighted by molar-refractivity contribution is 5.76. The van der Waals surface area contributed by atoms with E-state index in [0.717, 1.165) is 24.4 Å². The van der Waals surface area contributed by atoms with Crippen LogP contribution >= 0.6 is 0 Å². The van der Waals surface area contributed by atoms with Crippen molar-refractivity contribution >= 4 is 5.91 Å². The van der Waals surface area contributed by atoms with Gasteiger partial charge in [-0.1, -0.05) is 34.1 Å². The Labute approximate surface area is 171 Å². The summed E-state index contributed by atoms with van der Waals surface area (Å²) in [5.74, 6) is 1.43. The number of likely N-dealkylation sites (N-methyl/N-ethyl adjacent to an activating group) is 1. The summed E-state index contributed by atoms with van der Waals surface area (Å²) in [6, 6.07) is 2.05. The van der Waals surface area contributed by atoms with Crippen LogP contribution in [0, 0.1) is 13.8 Å². The number of aromatic nitrogens is 4. The molecule has 2 aromatic rings. The molecule has 0 atom stereocenters. The molecule has 4 rings (SSSR count). The van der Waals surface area contributed by atoms with Crippen LogP contribution in [0.4, 0.5) is 0 Å². The van der Waals surface area contributed by atoms with E-state index in [1.54, 1.807) is 9.58 Å². The van der Waals surface area contributed by atoms with Crippen LogP contribution in [-0.2, 0) is 30.7 Å². The van der Waals surface area contributed by atoms with Crippen LogP contribution in [0.25, 0.3) is 0 Å². The van der Waals surface area contributed by atoms with E-state index < -0.39 is 0 Å². The van der Waals surface area contributed by atoms with Crippen LogP contribution in [0.3, 0.4) is 0 Å². The number of hydrogen-bond donors (Lipinski definition) is 0. The van der Waals surface area contributed by atoms with E-state index in [4.69, 9.17) is 0 Å². The van der Waals surface area contributed by atoms with Gasteiger partial charge >= 0.3 is 0 Å². The molecule has 0 aliphatic carbocycles. The van der Waals surface area contributed by atoms with Crippen LogP contribution in [-0.4, -0.2) is 43.7 Å². The van der Waals surface area contributed by atoms with Crippen molar-refractivity contribution in [2.24, 2.45) is 0 Å². The minimum absolute atomic E-state index is 0.141. The second-order valence-electron chi connectivity index (χ2n) is 6.78. The predicted octanol–water partition coefficient (Wildman–Crippen LogP) is 4.18. The van der Waals surface area contributed by atoms with Gasteiger partial charge in [0, 0.05) is 50.6 Å². The summed E-state index contributed by atoms with van der Waals surface area (Å²) in [7, 11) is 1.83. The Balaban J connectivity index is 0.000000240. The van der Waals surface area contributed by atoms with E-state index >= 15 is 0 Å². The molecule has 6 nitrogen and oxygen atoms in total. The summed E-state index contributed by atoms with van der Waals surface area (Å²) in [6.45, 7) is 14.5. The molecule has 0 saturated heterocycles. The van der Waals surface area contributed by atoms with Crippen molar-refractivity contribution in [3.63, 3.8) is 0 Å². The summed E-state index contributed by atoms with van der Waals surface area (Å²) < 4.78 is 4.16. The predicted molar refractivity (Wildman–Crippen MR) is 116 cm³/mol. The van der Waals surface area contributed by atoms with Crippen molar-refractivity contribution in [1.29, 1.82) is 0 Å². The number of amides is 1. The van der Waals surface area contributed by atoms with E-state index in [1.165, 1.54) is 43.7 Å². The van der Waals surface area contributed by atoms with Crippen molar-refractivity contribution in [1.82, 2.24) is 24.2 Å². The molecule has 2 aliphatic heterocycles. The molecular formula is C22H39N5O. The van der Waals surface area contributed by atoms with Crippen molar-refractivity contribution in [3.05, 3.63) is 35.2 Å². The molecule has 0 fully saturated rings. The van der Waals surface area contributed by atoms with Gasteiger partial charge < -0.3 is 9.47 Å². The largest absolute Gasteiger partial charge is 0.344 e. The average Bonchev–Trinajstić information content (AvgIpc) is 3.09. The Hall–Kier alpha value is -2.11. The zero-order chi connectivity index (χ0) is 21.1. The zero-order valence-corrected chi connectivity index (χ0v) is 19.0. The highest BCUT2D eigenvalue weighted by Gasteiger charge is 2.17. The molecule has 0 bridgehead atoms. The third-order valence-electron chi connectivity index (χ3n) is 4.82. The van der Waals surface area contributed by atoms with E-state index in [9.17, 15) is 4.79 Å². The van der Waals surface area contributed by atoms with Crippen LogP contribution in [0.15, 0.2) is 12.3 Å². The fourth-order valence-electron chi connectivity index (χ4n) is 3.34. The van der Waals surface area contributed by atoms with E-state index in [-0.39, 0.29) is 5.91 Å². The Bertz CT molecular complexity index is 717. The first-order valence-electron chi connectivity index (χ1n) is 10.8. The number of imidazole rings is 1. The molecule has 0 N–H and O–H groups in total. The molecule has 28 heavy (non-hydrogen) atoms. The molecule has 0 radical (unpaired) electrons. The third-order valence-corrected chi connectivity index (χ3v) is 4.82. The van der Waals surface area contributed by atoms with Gasteiger partial charge in [-0.05, 0) is 32.8 Å². The van der Waals surface area contributed by atoms with Crippen molar-refractivity contribution < 1.29 is 4.79 Å². The normalized spacial score (nSPS) is 15.2. The first kappa shape index (κ1) is 23.9. The molecule has 2 aromatic heterocycles. The molecule has 0 unspecified atom stereocenters. The second kappa shape index (κ2) is 12.4. The molecule has 0 spiro atoms. The van der Waals surface area contributed by atoms with Gasteiger partial charge in [0.2, 0.25) is 5.91 Å². The molecule has 1 amide bonds. The topological polar surface area (TPSA) is 56.0 Å². The maximum Gasteiger partial charge on any atom is 0.244 e. The Morgan fingerprint density at radius 2 is 1.68 bits per heavy atom. The lowest BCUT2D eigenvalue weighted by Gasteiger charge is -2.11. The van der Waals surface area contributed by atoms with Gasteiger partial charge in [0.25, 0.3) is 0 Å². The number of rotatable bonds is 0. The summed E-state index contributed by atoms with van der Waals surface area (Å²) in [4.78, 5) is 17.6. The van der Waals surface area contributed by atoms with Gasteiger partial charge in [-0.2, -0.15) is 5.10 Å². The van der Waals surface area contributed by atoms with Gasteiger partial charge in [0.05, 0.1) is 5.69 Å². The monoisotopic (exact) mass is 389 g/mol. The van der Waals surface area contributed by atoms with Crippen molar-refractivity contribution in [2.75, 3.05) is 13.6 Å². The molecule has 4 heterocycles. The lowest BCUT2D eigenvalue weighted by molar-refractivity contribution is -0.130. The minimum atomic E-state index is 0.141. The molecule has 158 valence electrons. The van der Waals surface area contributed by atoms with E-state index in [1.807, 2.05) is 53.9 Å². The number of carbonyl (C=O) groups excluding carboxylic acids is 1. The Morgan fingerprint density at radius 1 is 0.964 bits per heavy atom. The Morgan fingerprint density at radius 3 is 2.39 bits per heavy atom. The Kier molecular flexibility index (Phi) is 10.6. The molecule has 6 heteroatoms. The van der Waals surface area contributed by atoms with Crippen molar-refractivity contribution in [3.8, 4) is 0 Å². The smallest absolute Gasteiger partial charge is 0.244 e. The van der Waals surface area contributed by atoms with E-state index in [0.29, 0.717) is 6.54 Å². The number of fused-ring (bicyclic) bond motifs is 2. The highest BCUT2D eigenvalue weighted by Crippen LogP contribution is 2.14. The van der Waals surface area contributed by atoms with Gasteiger partial charge in [-0.25, -0.2) is 4.98 Å². The summed E-state index contributed by atoms with van der Waals surface area (Å²) in [5.41, 5.74) is 3.48. The number of hydrogen-bond acceptors (Lipinski definition) is 3. The average molecular weight is 390 g/mol. The third kappa shape index (κ3) is 6.50. The first-order chi connectivity index (χ1) is 13.5. The van der Waals surface area contributed by atoms with Crippen LogP contribution in [0.1, 0.15) is 69.9 Å². The van der Waals surface area contributed by atoms with Crippen molar-refractivity contribution in [2.45, 2.75) is 86.7 Å². The lowest BCUT2D eigenvalue weighted by atomic mass is 10.2. The summed E-state index contributed by atoms with van der Waals surface area (Å²) >= 11 is 0. The lowest BCUT2D eigenvalue weighted by Crippen LogP contribution is -2.28. The first-order valence-corrected chi connectivity index (χ1v) is 10.8. The zero-order valence-electron chi connectivity index (χ0n) is 19.0.